The molecule has 1 amide bonds. The van der Waals surface area contributed by atoms with Crippen molar-refractivity contribution in [1.82, 2.24) is 9.55 Å². The first-order valence-corrected chi connectivity index (χ1v) is 9.77. The van der Waals surface area contributed by atoms with Gasteiger partial charge in [-0.2, -0.15) is 0 Å². The summed E-state index contributed by atoms with van der Waals surface area (Å²) in [6, 6.07) is 1.09. The Kier molecular flexibility index (Phi) is 6.27. The number of rotatable bonds is 7. The fraction of sp³-hybridized carbons (Fsp3) is 0.389. The lowest BCUT2D eigenvalue weighted by molar-refractivity contribution is -0.148. The summed E-state index contributed by atoms with van der Waals surface area (Å²) >= 11 is 1.32. The molecule has 0 radical (unpaired) electrons. The molecule has 0 saturated heterocycles. The summed E-state index contributed by atoms with van der Waals surface area (Å²) in [6.45, 7) is 0.889. The normalized spacial score (nSPS) is 12.3. The highest BCUT2D eigenvalue weighted by Crippen LogP contribution is 2.39. The van der Waals surface area contributed by atoms with E-state index in [-0.39, 0.29) is 6.61 Å². The van der Waals surface area contributed by atoms with E-state index in [0.29, 0.717) is 10.6 Å². The van der Waals surface area contributed by atoms with Gasteiger partial charge in [0.2, 0.25) is 0 Å². The van der Waals surface area contributed by atoms with Crippen LogP contribution in [0.5, 0.6) is 0 Å². The van der Waals surface area contributed by atoms with Crippen LogP contribution in [-0.4, -0.2) is 40.6 Å². The van der Waals surface area contributed by atoms with Crippen LogP contribution >= 0.6 is 11.3 Å². The van der Waals surface area contributed by atoms with E-state index in [2.05, 4.69) is 5.32 Å². The molecule has 3 rings (SSSR count). The summed E-state index contributed by atoms with van der Waals surface area (Å²) in [7, 11) is 0. The molecule has 2 N–H and O–H groups in total. The molecule has 1 aliphatic carbocycles. The zero-order chi connectivity index (χ0) is 21.0. The highest BCUT2D eigenvalue weighted by Gasteiger charge is 2.28. The van der Waals surface area contributed by atoms with Gasteiger partial charge in [-0.3, -0.25) is 23.9 Å². The number of carbonyl (C=O) groups is 3. The van der Waals surface area contributed by atoms with Crippen molar-refractivity contribution < 1.29 is 23.9 Å². The molecule has 0 spiro atoms. The number of nitrogens with one attached hydrogen (secondary N) is 2. The molecule has 0 aliphatic heterocycles. The van der Waals surface area contributed by atoms with Gasteiger partial charge in [0, 0.05) is 17.1 Å². The first-order valence-electron chi connectivity index (χ1n) is 8.96. The molecule has 29 heavy (non-hydrogen) atoms. The van der Waals surface area contributed by atoms with Crippen LogP contribution in [0.25, 0.3) is 0 Å². The third-order valence-electron chi connectivity index (χ3n) is 4.21. The third kappa shape index (κ3) is 4.80. The van der Waals surface area contributed by atoms with Crippen molar-refractivity contribution in [2.24, 2.45) is 0 Å². The minimum atomic E-state index is -0.825. The van der Waals surface area contributed by atoms with E-state index >= 15 is 0 Å². The molecule has 2 aromatic heterocycles. The van der Waals surface area contributed by atoms with Gasteiger partial charge in [0.15, 0.2) is 6.61 Å². The lowest BCUT2D eigenvalue weighted by atomic mass is 10.1. The zero-order valence-electron chi connectivity index (χ0n) is 15.6. The van der Waals surface area contributed by atoms with E-state index in [1.54, 1.807) is 6.92 Å². The summed E-state index contributed by atoms with van der Waals surface area (Å²) in [5.41, 5.74) is -0.0765. The fourth-order valence-electron chi connectivity index (χ4n) is 2.97. The molecular formula is C18H19N3O7S. The number of thiophene rings is 1. The molecule has 11 heteroatoms. The molecule has 1 aliphatic rings. The molecule has 0 saturated carbocycles. The van der Waals surface area contributed by atoms with Crippen molar-refractivity contribution in [2.75, 3.05) is 18.5 Å². The van der Waals surface area contributed by atoms with E-state index in [1.165, 1.54) is 11.3 Å². The van der Waals surface area contributed by atoms with Crippen LogP contribution in [0, 0.1) is 0 Å². The van der Waals surface area contributed by atoms with Gasteiger partial charge in [-0.05, 0) is 31.7 Å². The maximum atomic E-state index is 12.3. The number of fused-ring (bicyclic) bond motifs is 1. The number of hydrogen-bond acceptors (Lipinski definition) is 8. The van der Waals surface area contributed by atoms with Crippen molar-refractivity contribution in [3.05, 3.63) is 49.1 Å². The highest BCUT2D eigenvalue weighted by molar-refractivity contribution is 7.17. The molecule has 0 aromatic carbocycles. The van der Waals surface area contributed by atoms with Crippen LogP contribution in [0.1, 0.15) is 34.1 Å². The number of H-pyrrole nitrogens is 1. The van der Waals surface area contributed by atoms with Gasteiger partial charge in [-0.15, -0.1) is 11.3 Å². The van der Waals surface area contributed by atoms with E-state index in [9.17, 15) is 24.0 Å². The SMILES string of the molecule is CCOC(=O)c1c(NC(=O)COC(=O)Cn2ccc(=O)[nH]c2=O)sc2c1CCC2. The number of amides is 1. The number of aromatic nitrogens is 2. The Labute approximate surface area is 168 Å². The van der Waals surface area contributed by atoms with Gasteiger partial charge in [0.25, 0.3) is 11.5 Å². The fourth-order valence-corrected chi connectivity index (χ4v) is 4.27. The smallest absolute Gasteiger partial charge is 0.341 e. The zero-order valence-corrected chi connectivity index (χ0v) is 16.4. The van der Waals surface area contributed by atoms with Crippen LogP contribution < -0.4 is 16.6 Å². The van der Waals surface area contributed by atoms with Gasteiger partial charge >= 0.3 is 17.6 Å². The summed E-state index contributed by atoms with van der Waals surface area (Å²) in [5.74, 6) is -1.93. The van der Waals surface area contributed by atoms with E-state index in [1.807, 2.05) is 4.98 Å². The Morgan fingerprint density at radius 2 is 2.03 bits per heavy atom. The van der Waals surface area contributed by atoms with Gasteiger partial charge in [-0.25, -0.2) is 9.59 Å². The Bertz CT molecular complexity index is 1070. The first-order chi connectivity index (χ1) is 13.9. The molecule has 2 aromatic rings. The number of ether oxygens (including phenoxy) is 2. The summed E-state index contributed by atoms with van der Waals surface area (Å²) < 4.78 is 10.9. The predicted octanol–water partition coefficient (Wildman–Crippen LogP) is 0.445. The maximum Gasteiger partial charge on any atom is 0.341 e. The Morgan fingerprint density at radius 1 is 1.24 bits per heavy atom. The van der Waals surface area contributed by atoms with Crippen LogP contribution in [-0.2, 0) is 38.4 Å². The lowest BCUT2D eigenvalue weighted by Gasteiger charge is -2.09. The topological polar surface area (TPSA) is 137 Å². The molecule has 10 nitrogen and oxygen atoms in total. The number of carbonyl (C=O) groups excluding carboxylic acids is 3. The van der Waals surface area contributed by atoms with Crippen molar-refractivity contribution in [3.8, 4) is 0 Å². The van der Waals surface area contributed by atoms with Gasteiger partial charge in [0.1, 0.15) is 11.5 Å². The minimum absolute atomic E-state index is 0.221. The molecule has 154 valence electrons. The molecule has 0 unspecified atom stereocenters. The number of hydrogen-bond donors (Lipinski definition) is 2. The van der Waals surface area contributed by atoms with Crippen LogP contribution in [0.3, 0.4) is 0 Å². The summed E-state index contributed by atoms with van der Waals surface area (Å²) in [4.78, 5) is 61.9. The number of aryl methyl sites for hydroxylation is 1. The van der Waals surface area contributed by atoms with E-state index in [0.717, 1.165) is 46.5 Å². The van der Waals surface area contributed by atoms with Crippen LogP contribution in [0.2, 0.25) is 0 Å². The van der Waals surface area contributed by atoms with Gasteiger partial charge < -0.3 is 14.8 Å². The number of nitrogens with zero attached hydrogens (tertiary/aromatic N) is 1. The average molecular weight is 421 g/mol. The molecule has 0 bridgehead atoms. The Morgan fingerprint density at radius 3 is 2.76 bits per heavy atom. The van der Waals surface area contributed by atoms with Crippen LogP contribution in [0.4, 0.5) is 5.00 Å². The van der Waals surface area contributed by atoms with Crippen molar-refractivity contribution in [1.29, 1.82) is 0 Å². The number of anilines is 1. The van der Waals surface area contributed by atoms with Crippen molar-refractivity contribution in [2.45, 2.75) is 32.7 Å². The second-order valence-corrected chi connectivity index (χ2v) is 7.33. The second kappa shape index (κ2) is 8.86. The van der Waals surface area contributed by atoms with Gasteiger partial charge in [-0.1, -0.05) is 0 Å². The predicted molar refractivity (Wildman–Crippen MR) is 103 cm³/mol. The summed E-state index contributed by atoms with van der Waals surface area (Å²) in [6.07, 6.45) is 3.69. The molecular weight excluding hydrogens is 402 g/mol. The third-order valence-corrected chi connectivity index (χ3v) is 5.42. The Balaban J connectivity index is 1.61. The molecule has 0 atom stereocenters. The minimum Gasteiger partial charge on any atom is -0.462 e. The maximum absolute atomic E-state index is 12.3. The highest BCUT2D eigenvalue weighted by atomic mass is 32.1. The van der Waals surface area contributed by atoms with Crippen molar-refractivity contribution >= 4 is 34.2 Å². The van der Waals surface area contributed by atoms with E-state index < -0.39 is 42.2 Å². The summed E-state index contributed by atoms with van der Waals surface area (Å²) in [5, 5.41) is 2.98. The monoisotopic (exact) mass is 421 g/mol. The number of aromatic amines is 1. The van der Waals surface area contributed by atoms with E-state index in [4.69, 9.17) is 9.47 Å². The molecule has 2 heterocycles. The second-order valence-electron chi connectivity index (χ2n) is 6.23. The quantitative estimate of drug-likeness (QED) is 0.619. The van der Waals surface area contributed by atoms with Crippen LogP contribution in [0.15, 0.2) is 21.9 Å². The largest absolute Gasteiger partial charge is 0.462 e. The lowest BCUT2D eigenvalue weighted by Crippen LogP contribution is -2.32. The standard InChI is InChI=1S/C18H19N3O7S/c1-2-27-17(25)15-10-4-3-5-11(10)29-16(15)19-13(23)9-28-14(24)8-21-7-6-12(22)20-18(21)26/h6-7H,2-5,8-9H2,1H3,(H,19,23)(H,20,22,26). The Hall–Kier alpha value is -3.21. The molecule has 0 fully saturated rings. The number of esters is 2. The van der Waals surface area contributed by atoms with Crippen molar-refractivity contribution in [3.63, 3.8) is 0 Å². The average Bonchev–Trinajstić information content (AvgIpc) is 3.23. The first kappa shape index (κ1) is 20.5. The van der Waals surface area contributed by atoms with Gasteiger partial charge in [0.05, 0.1) is 12.2 Å².